The van der Waals surface area contributed by atoms with Gasteiger partial charge in [0.1, 0.15) is 5.75 Å². The second kappa shape index (κ2) is 5.88. The van der Waals surface area contributed by atoms with Gasteiger partial charge in [0.2, 0.25) is 11.8 Å². The fraction of sp³-hybridized carbons (Fsp3) is 0.385. The molecule has 2 aromatic rings. The van der Waals surface area contributed by atoms with E-state index in [-0.39, 0.29) is 6.01 Å². The Bertz CT molecular complexity index is 547. The maximum Gasteiger partial charge on any atom is 0.328 e. The standard InChI is InChI=1S/C13H16N2O3S/c1-5-9-8(2)19-7-10(9)18-13-14-11(16-3)6-12(15-13)17-4/h6-7H,5H2,1-4H3. The van der Waals surface area contributed by atoms with E-state index in [2.05, 4.69) is 23.8 Å². The second-order valence-corrected chi connectivity index (χ2v) is 4.91. The van der Waals surface area contributed by atoms with Crippen molar-refractivity contribution >= 4 is 11.3 Å². The van der Waals surface area contributed by atoms with Gasteiger partial charge >= 0.3 is 6.01 Å². The van der Waals surface area contributed by atoms with Crippen molar-refractivity contribution in [3.63, 3.8) is 0 Å². The molecule has 0 aliphatic rings. The molecule has 0 unspecified atom stereocenters. The molecule has 0 fully saturated rings. The van der Waals surface area contributed by atoms with E-state index >= 15 is 0 Å². The summed E-state index contributed by atoms with van der Waals surface area (Å²) in [7, 11) is 3.08. The summed E-state index contributed by atoms with van der Waals surface area (Å²) in [5, 5.41) is 1.96. The van der Waals surface area contributed by atoms with Gasteiger partial charge in [0, 0.05) is 15.8 Å². The van der Waals surface area contributed by atoms with E-state index in [1.54, 1.807) is 17.4 Å². The quantitative estimate of drug-likeness (QED) is 0.841. The summed E-state index contributed by atoms with van der Waals surface area (Å²) >= 11 is 1.65. The topological polar surface area (TPSA) is 53.5 Å². The maximum absolute atomic E-state index is 5.73. The number of rotatable bonds is 5. The fourth-order valence-corrected chi connectivity index (χ4v) is 2.56. The van der Waals surface area contributed by atoms with Crippen LogP contribution in [0.2, 0.25) is 0 Å². The molecule has 2 heterocycles. The highest BCUT2D eigenvalue weighted by molar-refractivity contribution is 7.10. The Morgan fingerprint density at radius 1 is 1.16 bits per heavy atom. The lowest BCUT2D eigenvalue weighted by Gasteiger charge is -2.08. The Kier molecular flexibility index (Phi) is 4.21. The minimum atomic E-state index is 0.226. The van der Waals surface area contributed by atoms with Crippen LogP contribution in [0.5, 0.6) is 23.5 Å². The summed E-state index contributed by atoms with van der Waals surface area (Å²) < 4.78 is 15.9. The molecule has 5 nitrogen and oxygen atoms in total. The van der Waals surface area contributed by atoms with Crippen molar-refractivity contribution in [2.75, 3.05) is 14.2 Å². The number of aromatic nitrogens is 2. The van der Waals surface area contributed by atoms with Crippen LogP contribution in [0.3, 0.4) is 0 Å². The molecule has 6 heteroatoms. The monoisotopic (exact) mass is 280 g/mol. The average Bonchev–Trinajstić information content (AvgIpc) is 2.78. The van der Waals surface area contributed by atoms with E-state index in [1.165, 1.54) is 24.7 Å². The van der Waals surface area contributed by atoms with Gasteiger partial charge in [-0.2, -0.15) is 9.97 Å². The normalized spacial score (nSPS) is 10.3. The van der Waals surface area contributed by atoms with Gasteiger partial charge in [-0.05, 0) is 13.3 Å². The molecular weight excluding hydrogens is 264 g/mol. The first-order valence-electron chi connectivity index (χ1n) is 5.89. The molecule has 0 radical (unpaired) electrons. The lowest BCUT2D eigenvalue weighted by atomic mass is 10.2. The van der Waals surface area contributed by atoms with Crippen molar-refractivity contribution in [1.82, 2.24) is 9.97 Å². The summed E-state index contributed by atoms with van der Waals surface area (Å²) in [6, 6.07) is 1.83. The molecule has 0 saturated heterocycles. The van der Waals surface area contributed by atoms with Gasteiger partial charge in [0.25, 0.3) is 0 Å². The molecule has 0 saturated carbocycles. The van der Waals surface area contributed by atoms with Gasteiger partial charge in [-0.15, -0.1) is 11.3 Å². The fourth-order valence-electron chi connectivity index (χ4n) is 1.70. The molecule has 0 bridgehead atoms. The highest BCUT2D eigenvalue weighted by Crippen LogP contribution is 2.32. The van der Waals surface area contributed by atoms with Crippen LogP contribution in [0.1, 0.15) is 17.4 Å². The van der Waals surface area contributed by atoms with Crippen LogP contribution in [0.25, 0.3) is 0 Å². The Morgan fingerprint density at radius 2 is 1.79 bits per heavy atom. The highest BCUT2D eigenvalue weighted by Gasteiger charge is 2.12. The van der Waals surface area contributed by atoms with Crippen LogP contribution in [0.4, 0.5) is 0 Å². The Balaban J connectivity index is 2.31. The summed E-state index contributed by atoms with van der Waals surface area (Å²) in [5.41, 5.74) is 1.18. The largest absolute Gasteiger partial charge is 0.481 e. The number of methoxy groups -OCH3 is 2. The summed E-state index contributed by atoms with van der Waals surface area (Å²) in [5.74, 6) is 1.61. The van der Waals surface area contributed by atoms with E-state index < -0.39 is 0 Å². The number of hydrogen-bond donors (Lipinski definition) is 0. The first-order chi connectivity index (χ1) is 9.17. The smallest absolute Gasteiger partial charge is 0.328 e. The van der Waals surface area contributed by atoms with Gasteiger partial charge < -0.3 is 14.2 Å². The molecule has 2 aromatic heterocycles. The zero-order valence-electron chi connectivity index (χ0n) is 11.4. The Labute approximate surface area is 116 Å². The van der Waals surface area contributed by atoms with Crippen LogP contribution < -0.4 is 14.2 Å². The first kappa shape index (κ1) is 13.6. The van der Waals surface area contributed by atoms with E-state index in [0.29, 0.717) is 11.8 Å². The van der Waals surface area contributed by atoms with E-state index in [9.17, 15) is 0 Å². The molecule has 19 heavy (non-hydrogen) atoms. The summed E-state index contributed by atoms with van der Waals surface area (Å²) in [4.78, 5) is 9.54. The van der Waals surface area contributed by atoms with Gasteiger partial charge in [-0.3, -0.25) is 0 Å². The number of aryl methyl sites for hydroxylation is 1. The van der Waals surface area contributed by atoms with E-state index in [4.69, 9.17) is 14.2 Å². The molecule has 0 aliphatic heterocycles. The minimum absolute atomic E-state index is 0.226. The Morgan fingerprint density at radius 3 is 2.32 bits per heavy atom. The summed E-state index contributed by atoms with van der Waals surface area (Å²) in [6.07, 6.45) is 0.909. The van der Waals surface area contributed by atoms with Crippen molar-refractivity contribution in [3.8, 4) is 23.5 Å². The van der Waals surface area contributed by atoms with Crippen molar-refractivity contribution in [2.45, 2.75) is 20.3 Å². The van der Waals surface area contributed by atoms with Gasteiger partial charge in [0.05, 0.1) is 20.3 Å². The SMILES string of the molecule is CCc1c(Oc2nc(OC)cc(OC)n2)csc1C. The maximum atomic E-state index is 5.73. The lowest BCUT2D eigenvalue weighted by Crippen LogP contribution is -1.98. The van der Waals surface area contributed by atoms with Crippen LogP contribution in [0, 0.1) is 6.92 Å². The molecular formula is C13H16N2O3S. The molecule has 0 amide bonds. The molecule has 0 N–H and O–H groups in total. The van der Waals surface area contributed by atoms with Crippen molar-refractivity contribution in [3.05, 3.63) is 21.9 Å². The van der Waals surface area contributed by atoms with Crippen molar-refractivity contribution < 1.29 is 14.2 Å². The van der Waals surface area contributed by atoms with Crippen molar-refractivity contribution in [1.29, 1.82) is 0 Å². The number of nitrogens with zero attached hydrogens (tertiary/aromatic N) is 2. The lowest BCUT2D eigenvalue weighted by molar-refractivity contribution is 0.347. The van der Waals surface area contributed by atoms with E-state index in [0.717, 1.165) is 12.2 Å². The van der Waals surface area contributed by atoms with Gasteiger partial charge in [0.15, 0.2) is 0 Å². The zero-order chi connectivity index (χ0) is 13.8. The van der Waals surface area contributed by atoms with Crippen LogP contribution in [-0.4, -0.2) is 24.2 Å². The number of ether oxygens (including phenoxy) is 3. The predicted molar refractivity (Wildman–Crippen MR) is 73.6 cm³/mol. The van der Waals surface area contributed by atoms with Gasteiger partial charge in [-0.25, -0.2) is 0 Å². The second-order valence-electron chi connectivity index (χ2n) is 3.83. The predicted octanol–water partition coefficient (Wildman–Crippen LogP) is 3.22. The van der Waals surface area contributed by atoms with E-state index in [1.807, 2.05) is 5.38 Å². The molecule has 2 rings (SSSR count). The minimum Gasteiger partial charge on any atom is -0.481 e. The molecule has 0 spiro atoms. The number of hydrogen-bond acceptors (Lipinski definition) is 6. The van der Waals surface area contributed by atoms with Crippen molar-refractivity contribution in [2.24, 2.45) is 0 Å². The average molecular weight is 280 g/mol. The van der Waals surface area contributed by atoms with Crippen LogP contribution >= 0.6 is 11.3 Å². The highest BCUT2D eigenvalue weighted by atomic mass is 32.1. The molecule has 0 aromatic carbocycles. The Hall–Kier alpha value is -1.82. The number of thiophene rings is 1. The zero-order valence-corrected chi connectivity index (χ0v) is 12.2. The van der Waals surface area contributed by atoms with Crippen LogP contribution in [0.15, 0.2) is 11.4 Å². The first-order valence-corrected chi connectivity index (χ1v) is 6.77. The third-order valence-electron chi connectivity index (χ3n) is 2.70. The van der Waals surface area contributed by atoms with Crippen LogP contribution in [-0.2, 0) is 6.42 Å². The molecule has 0 aliphatic carbocycles. The third-order valence-corrected chi connectivity index (χ3v) is 3.63. The van der Waals surface area contributed by atoms with Gasteiger partial charge in [-0.1, -0.05) is 6.92 Å². The summed E-state index contributed by atoms with van der Waals surface area (Å²) in [6.45, 7) is 4.16. The third kappa shape index (κ3) is 2.96. The molecule has 102 valence electrons. The molecule has 0 atom stereocenters.